The number of benzene rings is 1. The SMILES string of the molecule is COc1cc(CNC(=O)c2sc(-c3ccsc3)nc2C)cc(OC)c1. The van der Waals surface area contributed by atoms with Crippen LogP contribution in [0.5, 0.6) is 11.5 Å². The highest BCUT2D eigenvalue weighted by Gasteiger charge is 2.16. The summed E-state index contributed by atoms with van der Waals surface area (Å²) in [6.45, 7) is 2.24. The Kier molecular flexibility index (Phi) is 5.35. The Hall–Kier alpha value is -2.38. The second-order valence-corrected chi connectivity index (χ2v) is 7.13. The molecule has 0 radical (unpaired) electrons. The molecule has 0 aliphatic rings. The van der Waals surface area contributed by atoms with E-state index in [1.54, 1.807) is 31.6 Å². The van der Waals surface area contributed by atoms with E-state index < -0.39 is 0 Å². The number of methoxy groups -OCH3 is 2. The molecule has 5 nitrogen and oxygen atoms in total. The quantitative estimate of drug-likeness (QED) is 0.705. The summed E-state index contributed by atoms with van der Waals surface area (Å²) in [6, 6.07) is 7.55. The van der Waals surface area contributed by atoms with Crippen molar-refractivity contribution in [3.8, 4) is 22.1 Å². The van der Waals surface area contributed by atoms with Gasteiger partial charge in [-0.2, -0.15) is 11.3 Å². The number of carbonyl (C=O) groups is 1. The predicted octanol–water partition coefficient (Wildman–Crippen LogP) is 4.13. The molecule has 2 aromatic heterocycles. The number of hydrogen-bond donors (Lipinski definition) is 1. The van der Waals surface area contributed by atoms with E-state index in [1.807, 2.05) is 35.9 Å². The molecule has 0 saturated heterocycles. The zero-order chi connectivity index (χ0) is 17.8. The summed E-state index contributed by atoms with van der Waals surface area (Å²) >= 11 is 3.02. The van der Waals surface area contributed by atoms with Gasteiger partial charge >= 0.3 is 0 Å². The summed E-state index contributed by atoms with van der Waals surface area (Å²) in [5.41, 5.74) is 2.70. The lowest BCUT2D eigenvalue weighted by atomic mass is 10.2. The number of hydrogen-bond acceptors (Lipinski definition) is 6. The monoisotopic (exact) mass is 374 g/mol. The second-order valence-electron chi connectivity index (χ2n) is 5.35. The maximum atomic E-state index is 12.5. The van der Waals surface area contributed by atoms with Crippen LogP contribution in [0.1, 0.15) is 20.9 Å². The fourth-order valence-corrected chi connectivity index (χ4v) is 4.04. The van der Waals surface area contributed by atoms with E-state index in [4.69, 9.17) is 9.47 Å². The number of thiophene rings is 1. The molecule has 0 aliphatic carbocycles. The molecular formula is C18H18N2O3S2. The van der Waals surface area contributed by atoms with Crippen molar-refractivity contribution in [1.29, 1.82) is 0 Å². The van der Waals surface area contributed by atoms with Crippen LogP contribution in [0.3, 0.4) is 0 Å². The summed E-state index contributed by atoms with van der Waals surface area (Å²) in [4.78, 5) is 17.7. The molecule has 0 spiro atoms. The highest BCUT2D eigenvalue weighted by molar-refractivity contribution is 7.17. The summed E-state index contributed by atoms with van der Waals surface area (Å²) in [6.07, 6.45) is 0. The van der Waals surface area contributed by atoms with Crippen LogP contribution in [-0.4, -0.2) is 25.1 Å². The van der Waals surface area contributed by atoms with Gasteiger partial charge in [0.15, 0.2) is 0 Å². The molecule has 3 aromatic rings. The first-order valence-corrected chi connectivity index (χ1v) is 9.36. The normalized spacial score (nSPS) is 10.5. The number of amides is 1. The van der Waals surface area contributed by atoms with Gasteiger partial charge in [-0.1, -0.05) is 0 Å². The molecule has 7 heteroatoms. The Bertz CT molecular complexity index is 850. The van der Waals surface area contributed by atoms with E-state index in [9.17, 15) is 4.79 Å². The van der Waals surface area contributed by atoms with Gasteiger partial charge in [0.25, 0.3) is 5.91 Å². The maximum absolute atomic E-state index is 12.5. The minimum Gasteiger partial charge on any atom is -0.497 e. The predicted molar refractivity (Wildman–Crippen MR) is 101 cm³/mol. The zero-order valence-corrected chi connectivity index (χ0v) is 15.8. The average Bonchev–Trinajstić information content (AvgIpc) is 3.28. The Morgan fingerprint density at radius 1 is 1.20 bits per heavy atom. The van der Waals surface area contributed by atoms with Crippen molar-refractivity contribution in [2.24, 2.45) is 0 Å². The number of aromatic nitrogens is 1. The van der Waals surface area contributed by atoms with Gasteiger partial charge < -0.3 is 14.8 Å². The summed E-state index contributed by atoms with van der Waals surface area (Å²) in [5.74, 6) is 1.26. The third-order valence-electron chi connectivity index (χ3n) is 3.64. The van der Waals surface area contributed by atoms with Crippen LogP contribution in [0, 0.1) is 6.92 Å². The van der Waals surface area contributed by atoms with E-state index in [2.05, 4.69) is 10.3 Å². The van der Waals surface area contributed by atoms with Gasteiger partial charge in [0, 0.05) is 23.6 Å². The largest absolute Gasteiger partial charge is 0.497 e. The zero-order valence-electron chi connectivity index (χ0n) is 14.2. The summed E-state index contributed by atoms with van der Waals surface area (Å²) < 4.78 is 10.5. The fraction of sp³-hybridized carbons (Fsp3) is 0.222. The van der Waals surface area contributed by atoms with Gasteiger partial charge in [0.1, 0.15) is 21.4 Å². The molecule has 0 atom stereocenters. The number of nitrogens with one attached hydrogen (secondary N) is 1. The highest BCUT2D eigenvalue weighted by atomic mass is 32.1. The molecule has 1 aromatic carbocycles. The van der Waals surface area contributed by atoms with E-state index >= 15 is 0 Å². The minimum absolute atomic E-state index is 0.127. The van der Waals surface area contributed by atoms with Gasteiger partial charge in [-0.3, -0.25) is 4.79 Å². The first kappa shape index (κ1) is 17.4. The lowest BCUT2D eigenvalue weighted by Crippen LogP contribution is -2.22. The van der Waals surface area contributed by atoms with Crippen molar-refractivity contribution < 1.29 is 14.3 Å². The smallest absolute Gasteiger partial charge is 0.263 e. The number of ether oxygens (including phenoxy) is 2. The van der Waals surface area contributed by atoms with Crippen molar-refractivity contribution >= 4 is 28.6 Å². The number of nitrogens with zero attached hydrogens (tertiary/aromatic N) is 1. The van der Waals surface area contributed by atoms with Gasteiger partial charge in [0.2, 0.25) is 0 Å². The van der Waals surface area contributed by atoms with Crippen molar-refractivity contribution in [3.63, 3.8) is 0 Å². The van der Waals surface area contributed by atoms with Gasteiger partial charge in [-0.25, -0.2) is 4.98 Å². The lowest BCUT2D eigenvalue weighted by Gasteiger charge is -2.09. The van der Waals surface area contributed by atoms with Crippen molar-refractivity contribution in [2.45, 2.75) is 13.5 Å². The molecule has 130 valence electrons. The van der Waals surface area contributed by atoms with Crippen molar-refractivity contribution in [3.05, 3.63) is 51.2 Å². The van der Waals surface area contributed by atoms with Crippen LogP contribution in [0.2, 0.25) is 0 Å². The van der Waals surface area contributed by atoms with E-state index in [0.717, 1.165) is 21.8 Å². The Labute approximate surface area is 154 Å². The van der Waals surface area contributed by atoms with Gasteiger partial charge in [-0.05, 0) is 36.1 Å². The molecule has 0 bridgehead atoms. The van der Waals surface area contributed by atoms with Crippen molar-refractivity contribution in [2.75, 3.05) is 14.2 Å². The summed E-state index contributed by atoms with van der Waals surface area (Å²) in [5, 5.41) is 7.84. The molecule has 1 amide bonds. The molecule has 0 unspecified atom stereocenters. The van der Waals surface area contributed by atoms with Crippen LogP contribution in [0.25, 0.3) is 10.6 Å². The average molecular weight is 374 g/mol. The third kappa shape index (κ3) is 4.00. The van der Waals surface area contributed by atoms with Gasteiger partial charge in [0.05, 0.1) is 19.9 Å². The molecule has 2 heterocycles. The maximum Gasteiger partial charge on any atom is 0.263 e. The van der Waals surface area contributed by atoms with Crippen LogP contribution < -0.4 is 14.8 Å². The molecule has 1 N–H and O–H groups in total. The first-order valence-electron chi connectivity index (χ1n) is 7.61. The standard InChI is InChI=1S/C18H18N2O3S2/c1-11-16(25-18(20-11)13-4-5-24-10-13)17(21)19-9-12-6-14(22-2)8-15(7-12)23-3/h4-8,10H,9H2,1-3H3,(H,19,21). The molecule has 25 heavy (non-hydrogen) atoms. The number of carbonyl (C=O) groups excluding carboxylic acids is 1. The van der Waals surface area contributed by atoms with Crippen LogP contribution in [-0.2, 0) is 6.54 Å². The van der Waals surface area contributed by atoms with Crippen molar-refractivity contribution in [1.82, 2.24) is 10.3 Å². The molecule has 3 rings (SSSR count). The van der Waals surface area contributed by atoms with Crippen LogP contribution in [0.15, 0.2) is 35.0 Å². The van der Waals surface area contributed by atoms with E-state index in [1.165, 1.54) is 11.3 Å². The number of rotatable bonds is 6. The molecule has 0 aliphatic heterocycles. The van der Waals surface area contributed by atoms with E-state index in [-0.39, 0.29) is 5.91 Å². The summed E-state index contributed by atoms with van der Waals surface area (Å²) in [7, 11) is 3.20. The Morgan fingerprint density at radius 3 is 2.52 bits per heavy atom. The fourth-order valence-electron chi connectivity index (χ4n) is 2.35. The van der Waals surface area contributed by atoms with Gasteiger partial charge in [-0.15, -0.1) is 11.3 Å². The van der Waals surface area contributed by atoms with Crippen LogP contribution >= 0.6 is 22.7 Å². The molecular weight excluding hydrogens is 356 g/mol. The molecule has 0 fully saturated rings. The first-order chi connectivity index (χ1) is 12.1. The van der Waals surface area contributed by atoms with Crippen LogP contribution in [0.4, 0.5) is 0 Å². The minimum atomic E-state index is -0.127. The highest BCUT2D eigenvalue weighted by Crippen LogP contribution is 2.29. The lowest BCUT2D eigenvalue weighted by molar-refractivity contribution is 0.0954. The third-order valence-corrected chi connectivity index (χ3v) is 5.52. The Balaban J connectivity index is 1.73. The van der Waals surface area contributed by atoms with E-state index in [0.29, 0.717) is 22.9 Å². The molecule has 0 saturated carbocycles. The Morgan fingerprint density at radius 2 is 1.92 bits per heavy atom. The topological polar surface area (TPSA) is 60.5 Å². The number of aryl methyl sites for hydroxylation is 1. The second kappa shape index (κ2) is 7.67. The number of thiazole rings is 1.